The second kappa shape index (κ2) is 6.63. The second-order valence-corrected chi connectivity index (χ2v) is 8.03. The van der Waals surface area contributed by atoms with Crippen LogP contribution in [-0.2, 0) is 10.0 Å². The van der Waals surface area contributed by atoms with Crippen molar-refractivity contribution in [3.8, 4) is 0 Å². The van der Waals surface area contributed by atoms with Gasteiger partial charge in [-0.05, 0) is 49.6 Å². The first-order chi connectivity index (χ1) is 11.4. The molecule has 1 aliphatic rings. The SMILES string of the molecule is Cc1ccc(S(=O)(=O)N2C(CN)CCC2c2ccc(F)cc2)cc1. The lowest BCUT2D eigenvalue weighted by atomic mass is 10.1. The van der Waals surface area contributed by atoms with Crippen LogP contribution < -0.4 is 5.73 Å². The van der Waals surface area contributed by atoms with E-state index in [0.29, 0.717) is 12.8 Å². The molecule has 1 fully saturated rings. The fraction of sp³-hybridized carbons (Fsp3) is 0.333. The number of aryl methyl sites for hydroxylation is 1. The third-order valence-electron chi connectivity index (χ3n) is 4.56. The fourth-order valence-corrected chi connectivity index (χ4v) is 5.14. The minimum Gasteiger partial charge on any atom is -0.329 e. The van der Waals surface area contributed by atoms with E-state index in [4.69, 9.17) is 5.73 Å². The predicted octanol–water partition coefficient (Wildman–Crippen LogP) is 2.99. The van der Waals surface area contributed by atoms with Crippen LogP contribution in [0.25, 0.3) is 0 Å². The Bertz CT molecular complexity index is 804. The van der Waals surface area contributed by atoms with Crippen LogP contribution in [0, 0.1) is 12.7 Å². The molecule has 1 heterocycles. The highest BCUT2D eigenvalue weighted by molar-refractivity contribution is 7.89. The minimum absolute atomic E-state index is 0.244. The molecule has 0 amide bonds. The Balaban J connectivity index is 2.02. The molecule has 0 spiro atoms. The van der Waals surface area contributed by atoms with Gasteiger partial charge in [-0.1, -0.05) is 29.8 Å². The quantitative estimate of drug-likeness (QED) is 0.924. The molecular weight excluding hydrogens is 327 g/mol. The first-order valence-corrected chi connectivity index (χ1v) is 9.43. The summed E-state index contributed by atoms with van der Waals surface area (Å²) in [5.74, 6) is -0.333. The van der Waals surface area contributed by atoms with Crippen molar-refractivity contribution in [2.75, 3.05) is 6.54 Å². The van der Waals surface area contributed by atoms with Crippen molar-refractivity contribution in [1.82, 2.24) is 4.31 Å². The Labute approximate surface area is 142 Å². The number of benzene rings is 2. The lowest BCUT2D eigenvalue weighted by molar-refractivity contribution is 0.329. The molecule has 1 saturated heterocycles. The predicted molar refractivity (Wildman–Crippen MR) is 91.4 cm³/mol. The van der Waals surface area contributed by atoms with E-state index >= 15 is 0 Å². The van der Waals surface area contributed by atoms with Crippen molar-refractivity contribution in [1.29, 1.82) is 0 Å². The Kier molecular flexibility index (Phi) is 4.71. The maximum Gasteiger partial charge on any atom is 0.243 e. The molecule has 128 valence electrons. The number of nitrogens with zero attached hydrogens (tertiary/aromatic N) is 1. The van der Waals surface area contributed by atoms with Gasteiger partial charge >= 0.3 is 0 Å². The van der Waals surface area contributed by atoms with Gasteiger partial charge in [-0.25, -0.2) is 12.8 Å². The van der Waals surface area contributed by atoms with E-state index in [9.17, 15) is 12.8 Å². The summed E-state index contributed by atoms with van der Waals surface area (Å²) >= 11 is 0. The molecule has 0 aromatic heterocycles. The Morgan fingerprint density at radius 1 is 1.08 bits per heavy atom. The molecule has 2 aromatic carbocycles. The van der Waals surface area contributed by atoms with E-state index < -0.39 is 10.0 Å². The largest absolute Gasteiger partial charge is 0.329 e. The average Bonchev–Trinajstić information content (AvgIpc) is 3.01. The number of sulfonamides is 1. The summed E-state index contributed by atoms with van der Waals surface area (Å²) in [5.41, 5.74) is 7.62. The zero-order chi connectivity index (χ0) is 17.3. The summed E-state index contributed by atoms with van der Waals surface area (Å²) in [6.45, 7) is 2.18. The van der Waals surface area contributed by atoms with Crippen LogP contribution >= 0.6 is 0 Å². The topological polar surface area (TPSA) is 63.4 Å². The standard InChI is InChI=1S/C18H21FN2O2S/c1-13-2-9-17(10-3-13)24(22,23)21-16(12-20)8-11-18(21)14-4-6-15(19)7-5-14/h2-7,9-10,16,18H,8,11-12,20H2,1H3. The third kappa shape index (κ3) is 3.09. The number of hydrogen-bond donors (Lipinski definition) is 1. The minimum atomic E-state index is -3.66. The van der Waals surface area contributed by atoms with Crippen molar-refractivity contribution in [2.45, 2.75) is 36.7 Å². The smallest absolute Gasteiger partial charge is 0.243 e. The Morgan fingerprint density at radius 2 is 1.71 bits per heavy atom. The summed E-state index contributed by atoms with van der Waals surface area (Å²) < 4.78 is 41.0. The van der Waals surface area contributed by atoms with E-state index in [2.05, 4.69) is 0 Å². The highest BCUT2D eigenvalue weighted by atomic mass is 32.2. The maximum absolute atomic E-state index is 13.2. The molecule has 0 aliphatic carbocycles. The van der Waals surface area contributed by atoms with Gasteiger partial charge in [-0.2, -0.15) is 4.31 Å². The Hall–Kier alpha value is -1.76. The Morgan fingerprint density at radius 3 is 2.29 bits per heavy atom. The average molecular weight is 348 g/mol. The first kappa shape index (κ1) is 17.1. The molecule has 2 aromatic rings. The van der Waals surface area contributed by atoms with Crippen LogP contribution in [0.5, 0.6) is 0 Å². The van der Waals surface area contributed by atoms with Crippen LogP contribution in [-0.4, -0.2) is 25.3 Å². The molecule has 2 unspecified atom stereocenters. The maximum atomic E-state index is 13.2. The molecule has 24 heavy (non-hydrogen) atoms. The molecule has 0 saturated carbocycles. The van der Waals surface area contributed by atoms with E-state index in [1.54, 1.807) is 36.4 Å². The molecule has 2 atom stereocenters. The van der Waals surface area contributed by atoms with Crippen LogP contribution in [0.4, 0.5) is 4.39 Å². The molecule has 4 nitrogen and oxygen atoms in total. The van der Waals surface area contributed by atoms with Gasteiger partial charge in [-0.3, -0.25) is 0 Å². The van der Waals surface area contributed by atoms with Gasteiger partial charge in [0.05, 0.1) is 10.9 Å². The van der Waals surface area contributed by atoms with Crippen molar-refractivity contribution in [2.24, 2.45) is 5.73 Å². The van der Waals surface area contributed by atoms with Gasteiger partial charge in [-0.15, -0.1) is 0 Å². The molecule has 2 N–H and O–H groups in total. The summed E-state index contributed by atoms with van der Waals surface area (Å²) in [7, 11) is -3.66. The van der Waals surface area contributed by atoms with Crippen molar-refractivity contribution >= 4 is 10.0 Å². The van der Waals surface area contributed by atoms with Crippen LogP contribution in [0.1, 0.15) is 30.0 Å². The molecule has 0 radical (unpaired) electrons. The van der Waals surface area contributed by atoms with E-state index in [0.717, 1.165) is 11.1 Å². The zero-order valence-corrected chi connectivity index (χ0v) is 14.3. The van der Waals surface area contributed by atoms with Gasteiger partial charge < -0.3 is 5.73 Å². The zero-order valence-electron chi connectivity index (χ0n) is 13.5. The van der Waals surface area contributed by atoms with Gasteiger partial charge in [0.2, 0.25) is 10.0 Å². The van der Waals surface area contributed by atoms with Crippen LogP contribution in [0.15, 0.2) is 53.4 Å². The monoisotopic (exact) mass is 348 g/mol. The first-order valence-electron chi connectivity index (χ1n) is 7.99. The van der Waals surface area contributed by atoms with Crippen molar-refractivity contribution in [3.05, 3.63) is 65.5 Å². The van der Waals surface area contributed by atoms with Crippen LogP contribution in [0.3, 0.4) is 0 Å². The summed E-state index contributed by atoms with van der Waals surface area (Å²) in [6.07, 6.45) is 1.38. The molecule has 3 rings (SSSR count). The van der Waals surface area contributed by atoms with Gasteiger partial charge in [0.15, 0.2) is 0 Å². The van der Waals surface area contributed by atoms with E-state index in [1.165, 1.54) is 16.4 Å². The highest BCUT2D eigenvalue weighted by Crippen LogP contribution is 2.40. The summed E-state index contributed by atoms with van der Waals surface area (Å²) in [5, 5.41) is 0. The summed E-state index contributed by atoms with van der Waals surface area (Å²) in [4.78, 5) is 0.264. The number of hydrogen-bond acceptors (Lipinski definition) is 3. The molecule has 0 bridgehead atoms. The van der Waals surface area contributed by atoms with Gasteiger partial charge in [0.25, 0.3) is 0 Å². The van der Waals surface area contributed by atoms with Crippen LogP contribution in [0.2, 0.25) is 0 Å². The van der Waals surface area contributed by atoms with E-state index in [1.807, 2.05) is 6.92 Å². The normalized spacial score (nSPS) is 22.0. The summed E-state index contributed by atoms with van der Waals surface area (Å²) in [6, 6.07) is 12.3. The van der Waals surface area contributed by atoms with Gasteiger partial charge in [0.1, 0.15) is 5.82 Å². The van der Waals surface area contributed by atoms with E-state index in [-0.39, 0.29) is 29.3 Å². The van der Waals surface area contributed by atoms with Crippen molar-refractivity contribution in [3.63, 3.8) is 0 Å². The molecule has 1 aliphatic heterocycles. The number of rotatable bonds is 4. The molecule has 6 heteroatoms. The number of nitrogens with two attached hydrogens (primary N) is 1. The third-order valence-corrected chi connectivity index (χ3v) is 6.54. The fourth-order valence-electron chi connectivity index (χ4n) is 3.28. The lowest BCUT2D eigenvalue weighted by Crippen LogP contribution is -2.41. The second-order valence-electron chi connectivity index (χ2n) is 6.18. The number of halogens is 1. The van der Waals surface area contributed by atoms with Gasteiger partial charge in [0, 0.05) is 12.6 Å². The van der Waals surface area contributed by atoms with Crippen molar-refractivity contribution < 1.29 is 12.8 Å². The highest BCUT2D eigenvalue weighted by Gasteiger charge is 2.42. The molecular formula is C18H21FN2O2S. The lowest BCUT2D eigenvalue weighted by Gasteiger charge is -2.29.